The van der Waals surface area contributed by atoms with Crippen LogP contribution in [0.4, 0.5) is 11.6 Å². The number of allylic oxidation sites excluding steroid dienone is 4. The van der Waals surface area contributed by atoms with Crippen molar-refractivity contribution in [1.29, 1.82) is 0 Å². The molecular weight excluding hydrogens is 264 g/mol. The fraction of sp³-hybridized carbons (Fsp3) is 0. The molecule has 21 heavy (non-hydrogen) atoms. The molecule has 3 N–H and O–H groups in total. The van der Waals surface area contributed by atoms with Gasteiger partial charge in [0, 0.05) is 0 Å². The van der Waals surface area contributed by atoms with Gasteiger partial charge in [0.2, 0.25) is 0 Å². The fourth-order valence-electron chi connectivity index (χ4n) is 2.12. The van der Waals surface area contributed by atoms with Crippen LogP contribution in [-0.4, -0.2) is 16.7 Å². The van der Waals surface area contributed by atoms with Gasteiger partial charge >= 0.3 is 0 Å². The van der Waals surface area contributed by atoms with E-state index in [0.29, 0.717) is 11.6 Å². The summed E-state index contributed by atoms with van der Waals surface area (Å²) in [6.07, 6.45) is 11.5. The number of hydrogen-bond donors (Lipinski definition) is 3. The van der Waals surface area contributed by atoms with E-state index in [0.717, 1.165) is 23.3 Å². The monoisotopic (exact) mass is 276 g/mol. The van der Waals surface area contributed by atoms with Gasteiger partial charge in [-0.2, -0.15) is 0 Å². The van der Waals surface area contributed by atoms with Crippen LogP contribution in [0.5, 0.6) is 0 Å². The summed E-state index contributed by atoms with van der Waals surface area (Å²) in [6, 6.07) is 5.58. The molecule has 0 spiro atoms. The summed E-state index contributed by atoms with van der Waals surface area (Å²) in [4.78, 5) is 13.4. The molecule has 1 aromatic heterocycles. The number of nitrogens with zero attached hydrogens (tertiary/aromatic N) is 3. The Morgan fingerprint density at radius 3 is 1.86 bits per heavy atom. The Bertz CT molecular complexity index is 718. The first-order chi connectivity index (χ1) is 10.3. The Morgan fingerprint density at radius 2 is 1.29 bits per heavy atom. The third-order valence-corrected chi connectivity index (χ3v) is 3.02. The zero-order valence-electron chi connectivity index (χ0n) is 11.0. The van der Waals surface area contributed by atoms with Gasteiger partial charge in [0.1, 0.15) is 23.3 Å². The first-order valence-electron chi connectivity index (χ1n) is 6.57. The zero-order chi connectivity index (χ0) is 14.1. The molecule has 0 aliphatic carbocycles. The molecule has 0 saturated heterocycles. The van der Waals surface area contributed by atoms with E-state index in [1.807, 2.05) is 54.7 Å². The minimum absolute atomic E-state index is 0.612. The molecule has 4 rings (SSSR count). The summed E-state index contributed by atoms with van der Waals surface area (Å²) in [6.45, 7) is 0. The Labute approximate surface area is 121 Å². The highest BCUT2D eigenvalue weighted by molar-refractivity contribution is 5.98. The third-order valence-electron chi connectivity index (χ3n) is 3.02. The maximum absolute atomic E-state index is 4.48. The Hall–Kier alpha value is -3.15. The maximum atomic E-state index is 4.48. The van der Waals surface area contributed by atoms with Crippen molar-refractivity contribution in [2.45, 2.75) is 0 Å². The number of fused-ring (bicyclic) bond motifs is 6. The van der Waals surface area contributed by atoms with E-state index in [1.165, 1.54) is 0 Å². The lowest BCUT2D eigenvalue weighted by Crippen LogP contribution is -2.38. The SMILES string of the molecule is C1=CC2=Nc3cccc(n3)N=C3C=CC=C(NC(=C1)N2)N3. The van der Waals surface area contributed by atoms with E-state index in [2.05, 4.69) is 30.9 Å². The molecule has 0 radical (unpaired) electrons. The van der Waals surface area contributed by atoms with Crippen LogP contribution in [0.1, 0.15) is 0 Å². The summed E-state index contributed by atoms with van der Waals surface area (Å²) in [5, 5.41) is 9.68. The van der Waals surface area contributed by atoms with Gasteiger partial charge in [0.15, 0.2) is 11.6 Å². The number of hydrogen-bond acceptors (Lipinski definition) is 6. The van der Waals surface area contributed by atoms with Crippen LogP contribution >= 0.6 is 0 Å². The zero-order valence-corrected chi connectivity index (χ0v) is 11.0. The van der Waals surface area contributed by atoms with E-state index in [9.17, 15) is 0 Å². The molecule has 3 aliphatic heterocycles. The van der Waals surface area contributed by atoms with E-state index in [4.69, 9.17) is 0 Å². The first-order valence-corrected chi connectivity index (χ1v) is 6.57. The largest absolute Gasteiger partial charge is 0.328 e. The lowest BCUT2D eigenvalue weighted by atomic mass is 10.3. The van der Waals surface area contributed by atoms with Crippen molar-refractivity contribution < 1.29 is 0 Å². The highest BCUT2D eigenvalue weighted by atomic mass is 15.2. The van der Waals surface area contributed by atoms with Gasteiger partial charge < -0.3 is 16.0 Å². The molecule has 4 heterocycles. The van der Waals surface area contributed by atoms with Gasteiger partial charge in [-0.1, -0.05) is 18.2 Å². The van der Waals surface area contributed by atoms with Crippen molar-refractivity contribution in [2.24, 2.45) is 9.98 Å². The molecule has 6 bridgehead atoms. The molecule has 0 unspecified atom stereocenters. The van der Waals surface area contributed by atoms with Gasteiger partial charge in [0.05, 0.1) is 0 Å². The van der Waals surface area contributed by atoms with Crippen molar-refractivity contribution in [3.63, 3.8) is 0 Å². The van der Waals surface area contributed by atoms with Gasteiger partial charge in [-0.3, -0.25) is 0 Å². The second-order valence-electron chi connectivity index (χ2n) is 4.60. The lowest BCUT2D eigenvalue weighted by Gasteiger charge is -2.21. The molecule has 102 valence electrons. The molecule has 0 aromatic carbocycles. The third kappa shape index (κ3) is 2.46. The van der Waals surface area contributed by atoms with Crippen LogP contribution in [0.15, 0.2) is 76.3 Å². The molecular formula is C15H12N6. The van der Waals surface area contributed by atoms with E-state index >= 15 is 0 Å². The van der Waals surface area contributed by atoms with Crippen LogP contribution < -0.4 is 16.0 Å². The Morgan fingerprint density at radius 1 is 0.714 bits per heavy atom. The summed E-state index contributed by atoms with van der Waals surface area (Å²) in [7, 11) is 0. The molecule has 1 aromatic rings. The quantitative estimate of drug-likeness (QED) is 0.675. The van der Waals surface area contributed by atoms with E-state index in [1.54, 1.807) is 0 Å². The number of rotatable bonds is 0. The smallest absolute Gasteiger partial charge is 0.156 e. The maximum Gasteiger partial charge on any atom is 0.156 e. The number of nitrogens with one attached hydrogen (secondary N) is 3. The van der Waals surface area contributed by atoms with Crippen LogP contribution in [0, 0.1) is 0 Å². The summed E-state index contributed by atoms with van der Waals surface area (Å²) in [5.41, 5.74) is 0. The van der Waals surface area contributed by atoms with Crippen molar-refractivity contribution in [3.8, 4) is 0 Å². The number of dihydropyridines is 2. The van der Waals surface area contributed by atoms with E-state index < -0.39 is 0 Å². The van der Waals surface area contributed by atoms with Gasteiger partial charge in [-0.25, -0.2) is 15.0 Å². The van der Waals surface area contributed by atoms with Crippen molar-refractivity contribution in [3.05, 3.63) is 66.3 Å². The van der Waals surface area contributed by atoms with Crippen LogP contribution in [0.25, 0.3) is 0 Å². The Kier molecular flexibility index (Phi) is 2.64. The van der Waals surface area contributed by atoms with Crippen LogP contribution in [-0.2, 0) is 0 Å². The molecule has 0 fully saturated rings. The Balaban J connectivity index is 1.86. The van der Waals surface area contributed by atoms with Gasteiger partial charge in [-0.05, 0) is 36.4 Å². The van der Waals surface area contributed by atoms with Gasteiger partial charge in [-0.15, -0.1) is 0 Å². The standard InChI is InChI=1S/C15H12N6/c1-4-10-16-11(5-1)20-13-7-3-9-15(18-13)21-14-8-2-6-12(17-14)19-10/h1-9H,(H3,16,17,18,19,20,21). The molecule has 0 atom stereocenters. The van der Waals surface area contributed by atoms with Crippen molar-refractivity contribution >= 4 is 23.3 Å². The number of pyridine rings is 1. The van der Waals surface area contributed by atoms with E-state index in [-0.39, 0.29) is 0 Å². The van der Waals surface area contributed by atoms with Crippen molar-refractivity contribution in [2.75, 3.05) is 0 Å². The first kappa shape index (κ1) is 11.7. The fourth-order valence-corrected chi connectivity index (χ4v) is 2.12. The number of aromatic nitrogens is 1. The molecule has 0 saturated carbocycles. The molecule has 0 amide bonds. The number of aliphatic imine (C=N–C) groups is 2. The second-order valence-corrected chi connectivity index (χ2v) is 4.60. The average molecular weight is 276 g/mol. The minimum atomic E-state index is 0.612. The second kappa shape index (κ2) is 4.75. The topological polar surface area (TPSA) is 73.7 Å². The van der Waals surface area contributed by atoms with Crippen LogP contribution in [0.2, 0.25) is 0 Å². The lowest BCUT2D eigenvalue weighted by molar-refractivity contribution is 0.830. The van der Waals surface area contributed by atoms with Crippen LogP contribution in [0.3, 0.4) is 0 Å². The molecule has 6 heteroatoms. The summed E-state index contributed by atoms with van der Waals surface area (Å²) in [5.74, 6) is 4.34. The predicted molar refractivity (Wildman–Crippen MR) is 82.3 cm³/mol. The number of amidine groups is 2. The summed E-state index contributed by atoms with van der Waals surface area (Å²) >= 11 is 0. The van der Waals surface area contributed by atoms with Gasteiger partial charge in [0.25, 0.3) is 0 Å². The molecule has 6 nitrogen and oxygen atoms in total. The molecule has 3 aliphatic rings. The summed E-state index contributed by atoms with van der Waals surface area (Å²) < 4.78 is 0. The average Bonchev–Trinajstić information content (AvgIpc) is 2.47. The normalized spacial score (nSPS) is 18.5. The minimum Gasteiger partial charge on any atom is -0.328 e. The highest BCUT2D eigenvalue weighted by Crippen LogP contribution is 2.17. The highest BCUT2D eigenvalue weighted by Gasteiger charge is 2.11. The predicted octanol–water partition coefficient (Wildman–Crippen LogP) is 1.75. The van der Waals surface area contributed by atoms with Crippen molar-refractivity contribution in [1.82, 2.24) is 20.9 Å².